The molecule has 0 spiro atoms. The fourth-order valence-electron chi connectivity index (χ4n) is 5.03. The van der Waals surface area contributed by atoms with Crippen molar-refractivity contribution in [3.63, 3.8) is 0 Å². The summed E-state index contributed by atoms with van der Waals surface area (Å²) in [5.74, 6) is -0.213. The standard InChI is InChI=1S/C29H25N5O3S/c1-33(2)24-25(27(36)26(24)35)34-13-10-17-7-8-19(15-23(17)34)32-29(37)28-22(11-14-38-28)31-16-18-9-12-30-21-6-4-3-5-20(18)21/h3-9,11-12,14-15,31H,10,13,16H2,1-2H3,(H,32,37). The van der Waals surface area contributed by atoms with Crippen LogP contribution >= 0.6 is 11.3 Å². The molecule has 2 aromatic heterocycles. The number of fused-ring (bicyclic) bond motifs is 2. The highest BCUT2D eigenvalue weighted by molar-refractivity contribution is 7.12. The molecular formula is C29H25N5O3S. The predicted octanol–water partition coefficient (Wildman–Crippen LogP) is 4.52. The smallest absolute Gasteiger partial charge is 0.267 e. The Morgan fingerprint density at radius 1 is 1.08 bits per heavy atom. The number of amides is 1. The SMILES string of the molecule is CN(C)c1c(N2CCc3ccc(NC(=O)c4sccc4NCc4ccnc5ccccc45)cc32)c(=O)c1=O. The number of anilines is 5. The van der Waals surface area contributed by atoms with E-state index >= 15 is 0 Å². The summed E-state index contributed by atoms with van der Waals surface area (Å²) in [7, 11) is 3.52. The Labute approximate surface area is 222 Å². The second-order valence-corrected chi connectivity index (χ2v) is 10.4. The van der Waals surface area contributed by atoms with Crippen molar-refractivity contribution in [2.24, 2.45) is 0 Å². The average molecular weight is 524 g/mol. The lowest BCUT2D eigenvalue weighted by Crippen LogP contribution is -2.42. The van der Waals surface area contributed by atoms with E-state index in [1.807, 2.05) is 64.9 Å². The van der Waals surface area contributed by atoms with Crippen molar-refractivity contribution < 1.29 is 4.79 Å². The molecule has 3 heterocycles. The molecule has 3 aromatic carbocycles. The Morgan fingerprint density at radius 3 is 2.76 bits per heavy atom. The van der Waals surface area contributed by atoms with Crippen LogP contribution < -0.4 is 31.3 Å². The minimum Gasteiger partial charge on any atom is -0.380 e. The van der Waals surface area contributed by atoms with Gasteiger partial charge >= 0.3 is 0 Å². The molecule has 190 valence electrons. The van der Waals surface area contributed by atoms with E-state index in [0.717, 1.165) is 39.8 Å². The van der Waals surface area contributed by atoms with Gasteiger partial charge < -0.3 is 20.4 Å². The van der Waals surface area contributed by atoms with Crippen LogP contribution in [0.4, 0.5) is 28.4 Å². The van der Waals surface area contributed by atoms with Crippen molar-refractivity contribution in [3.05, 3.63) is 103 Å². The van der Waals surface area contributed by atoms with E-state index in [9.17, 15) is 14.4 Å². The van der Waals surface area contributed by atoms with E-state index in [1.165, 1.54) is 11.3 Å². The second kappa shape index (κ2) is 9.42. The van der Waals surface area contributed by atoms with Crippen molar-refractivity contribution >= 4 is 56.6 Å². The molecule has 5 aromatic rings. The van der Waals surface area contributed by atoms with Crippen LogP contribution in [0.1, 0.15) is 20.8 Å². The van der Waals surface area contributed by atoms with Gasteiger partial charge in [0.05, 0.1) is 11.2 Å². The quantitative estimate of drug-likeness (QED) is 0.303. The van der Waals surface area contributed by atoms with Crippen molar-refractivity contribution in [1.82, 2.24) is 4.98 Å². The summed E-state index contributed by atoms with van der Waals surface area (Å²) in [6.07, 6.45) is 2.56. The van der Waals surface area contributed by atoms with Gasteiger partial charge in [0.2, 0.25) is 0 Å². The zero-order chi connectivity index (χ0) is 26.4. The third-order valence-corrected chi connectivity index (χ3v) is 7.81. The summed E-state index contributed by atoms with van der Waals surface area (Å²) in [5.41, 5.74) is 5.26. The van der Waals surface area contributed by atoms with Gasteiger partial charge in [0.25, 0.3) is 16.8 Å². The van der Waals surface area contributed by atoms with Crippen LogP contribution in [0.3, 0.4) is 0 Å². The molecule has 0 aliphatic carbocycles. The lowest BCUT2D eigenvalue weighted by Gasteiger charge is -2.26. The molecule has 0 unspecified atom stereocenters. The van der Waals surface area contributed by atoms with Crippen LogP contribution in [-0.2, 0) is 13.0 Å². The normalized spacial score (nSPS) is 12.6. The van der Waals surface area contributed by atoms with Crippen molar-refractivity contribution in [2.75, 3.05) is 41.1 Å². The Hall–Kier alpha value is -4.50. The summed E-state index contributed by atoms with van der Waals surface area (Å²) in [4.78, 5) is 46.4. The fraction of sp³-hybridized carbons (Fsp3) is 0.172. The monoisotopic (exact) mass is 523 g/mol. The van der Waals surface area contributed by atoms with Gasteiger partial charge in [-0.15, -0.1) is 11.3 Å². The third-order valence-electron chi connectivity index (χ3n) is 6.90. The van der Waals surface area contributed by atoms with Crippen molar-refractivity contribution in [3.8, 4) is 0 Å². The van der Waals surface area contributed by atoms with Gasteiger partial charge in [-0.2, -0.15) is 0 Å². The highest BCUT2D eigenvalue weighted by Gasteiger charge is 2.32. The summed E-state index contributed by atoms with van der Waals surface area (Å²) < 4.78 is 0. The van der Waals surface area contributed by atoms with E-state index in [-0.39, 0.29) is 5.91 Å². The van der Waals surface area contributed by atoms with Gasteiger partial charge in [-0.3, -0.25) is 19.4 Å². The molecule has 6 rings (SSSR count). The zero-order valence-corrected chi connectivity index (χ0v) is 21.8. The van der Waals surface area contributed by atoms with Gasteiger partial charge in [0.15, 0.2) is 0 Å². The Kier molecular flexibility index (Phi) is 5.92. The van der Waals surface area contributed by atoms with E-state index in [2.05, 4.69) is 15.6 Å². The first kappa shape index (κ1) is 23.9. The number of nitrogens with one attached hydrogen (secondary N) is 2. The second-order valence-electron chi connectivity index (χ2n) is 9.45. The first-order valence-electron chi connectivity index (χ1n) is 12.3. The molecular weight excluding hydrogens is 498 g/mol. The minimum absolute atomic E-state index is 0.213. The molecule has 1 aliphatic rings. The topological polar surface area (TPSA) is 94.6 Å². The van der Waals surface area contributed by atoms with Gasteiger partial charge in [-0.1, -0.05) is 24.3 Å². The maximum Gasteiger partial charge on any atom is 0.267 e. The summed E-state index contributed by atoms with van der Waals surface area (Å²) >= 11 is 1.37. The molecule has 38 heavy (non-hydrogen) atoms. The first-order valence-corrected chi connectivity index (χ1v) is 13.2. The zero-order valence-electron chi connectivity index (χ0n) is 20.9. The highest BCUT2D eigenvalue weighted by Crippen LogP contribution is 2.38. The van der Waals surface area contributed by atoms with Crippen LogP contribution in [-0.4, -0.2) is 31.5 Å². The third kappa shape index (κ3) is 4.01. The first-order chi connectivity index (χ1) is 18.4. The van der Waals surface area contributed by atoms with Gasteiger partial charge in [0, 0.05) is 50.1 Å². The van der Waals surface area contributed by atoms with Gasteiger partial charge in [0.1, 0.15) is 16.3 Å². The number of rotatable bonds is 7. The summed E-state index contributed by atoms with van der Waals surface area (Å²) in [6, 6.07) is 17.6. The Bertz CT molecular complexity index is 1760. The number of carbonyl (C=O) groups excluding carboxylic acids is 1. The van der Waals surface area contributed by atoms with Crippen LogP contribution in [0.15, 0.2) is 75.8 Å². The molecule has 2 N–H and O–H groups in total. The van der Waals surface area contributed by atoms with Gasteiger partial charge in [-0.25, -0.2) is 0 Å². The average Bonchev–Trinajstić information content (AvgIpc) is 3.56. The molecule has 0 saturated carbocycles. The minimum atomic E-state index is -0.465. The number of hydrogen-bond acceptors (Lipinski definition) is 8. The van der Waals surface area contributed by atoms with Crippen LogP contribution in [0.5, 0.6) is 0 Å². The highest BCUT2D eigenvalue weighted by atomic mass is 32.1. The fourth-order valence-corrected chi connectivity index (χ4v) is 5.80. The van der Waals surface area contributed by atoms with Crippen molar-refractivity contribution in [2.45, 2.75) is 13.0 Å². The maximum absolute atomic E-state index is 13.3. The number of nitrogens with zero attached hydrogens (tertiary/aromatic N) is 3. The number of carbonyl (C=O) groups is 1. The number of para-hydroxylation sites is 1. The Morgan fingerprint density at radius 2 is 1.92 bits per heavy atom. The largest absolute Gasteiger partial charge is 0.380 e. The molecule has 1 aliphatic heterocycles. The molecule has 0 radical (unpaired) electrons. The molecule has 0 bridgehead atoms. The maximum atomic E-state index is 13.3. The van der Waals surface area contributed by atoms with Crippen LogP contribution in [0.2, 0.25) is 0 Å². The predicted molar refractivity (Wildman–Crippen MR) is 154 cm³/mol. The Balaban J connectivity index is 1.21. The van der Waals surface area contributed by atoms with E-state index in [0.29, 0.717) is 35.0 Å². The number of thiophene rings is 1. The van der Waals surface area contributed by atoms with Crippen molar-refractivity contribution in [1.29, 1.82) is 0 Å². The molecule has 0 fully saturated rings. The number of hydrogen-bond donors (Lipinski definition) is 2. The lowest BCUT2D eigenvalue weighted by atomic mass is 10.1. The van der Waals surface area contributed by atoms with E-state index < -0.39 is 10.9 Å². The number of pyridine rings is 1. The molecule has 0 atom stereocenters. The van der Waals surface area contributed by atoms with Crippen LogP contribution in [0, 0.1) is 0 Å². The number of aromatic nitrogens is 1. The van der Waals surface area contributed by atoms with Crippen LogP contribution in [0.25, 0.3) is 10.9 Å². The summed E-state index contributed by atoms with van der Waals surface area (Å²) in [6.45, 7) is 1.17. The number of benzene rings is 2. The van der Waals surface area contributed by atoms with Gasteiger partial charge in [-0.05, 0) is 53.3 Å². The molecule has 8 nitrogen and oxygen atoms in total. The lowest BCUT2D eigenvalue weighted by molar-refractivity contribution is 0.103. The van der Waals surface area contributed by atoms with E-state index in [4.69, 9.17) is 0 Å². The molecule has 9 heteroatoms. The van der Waals surface area contributed by atoms with E-state index in [1.54, 1.807) is 25.2 Å². The molecule has 0 saturated heterocycles. The summed E-state index contributed by atoms with van der Waals surface area (Å²) in [5, 5.41) is 9.38. The molecule has 1 amide bonds.